The molecule has 4 N–H and O–H groups in total. The van der Waals surface area contributed by atoms with E-state index in [1.54, 1.807) is 30.6 Å². The average molecular weight is 318 g/mol. The van der Waals surface area contributed by atoms with Gasteiger partial charge in [0.2, 0.25) is 0 Å². The Morgan fingerprint density at radius 3 is 2.39 bits per heavy atom. The second-order valence-corrected chi connectivity index (χ2v) is 5.50. The summed E-state index contributed by atoms with van der Waals surface area (Å²) in [5.41, 5.74) is 2.27. The molecule has 0 saturated carbocycles. The highest BCUT2D eigenvalue weighted by molar-refractivity contribution is 5.62. The van der Waals surface area contributed by atoms with Crippen LogP contribution in [0, 0.1) is 0 Å². The maximum atomic E-state index is 10.2. The van der Waals surface area contributed by atoms with Crippen LogP contribution in [0.15, 0.2) is 43.0 Å². The van der Waals surface area contributed by atoms with Gasteiger partial charge in [0.05, 0.1) is 6.61 Å². The van der Waals surface area contributed by atoms with Crippen LogP contribution in [0.1, 0.15) is 11.7 Å². The van der Waals surface area contributed by atoms with Crippen LogP contribution in [0.4, 0.5) is 0 Å². The topological polar surface area (TPSA) is 116 Å². The van der Waals surface area contributed by atoms with E-state index in [9.17, 15) is 20.4 Å². The molecule has 0 bridgehead atoms. The molecule has 122 valence electrons. The molecular weight excluding hydrogens is 300 g/mol. The number of rotatable bonds is 3. The highest BCUT2D eigenvalue weighted by Crippen LogP contribution is 2.33. The van der Waals surface area contributed by atoms with Gasteiger partial charge in [0.1, 0.15) is 36.8 Å². The molecule has 2 heterocycles. The van der Waals surface area contributed by atoms with Crippen molar-refractivity contribution in [3.63, 3.8) is 0 Å². The minimum atomic E-state index is -1.39. The van der Waals surface area contributed by atoms with Crippen LogP contribution >= 0.6 is 0 Å². The van der Waals surface area contributed by atoms with Gasteiger partial charge in [0.25, 0.3) is 0 Å². The molecule has 1 fully saturated rings. The van der Waals surface area contributed by atoms with E-state index in [2.05, 4.69) is 9.97 Å². The first-order valence-corrected chi connectivity index (χ1v) is 7.27. The summed E-state index contributed by atoms with van der Waals surface area (Å²) in [5.74, 6) is 0. The number of aliphatic hydroxyl groups is 4. The maximum absolute atomic E-state index is 10.2. The molecule has 0 unspecified atom stereocenters. The van der Waals surface area contributed by atoms with Gasteiger partial charge in [-0.15, -0.1) is 0 Å². The van der Waals surface area contributed by atoms with Gasteiger partial charge in [-0.1, -0.05) is 18.2 Å². The van der Waals surface area contributed by atoms with Crippen molar-refractivity contribution in [1.29, 1.82) is 0 Å². The first-order valence-electron chi connectivity index (χ1n) is 7.27. The molecule has 1 saturated heterocycles. The van der Waals surface area contributed by atoms with Gasteiger partial charge in [-0.05, 0) is 17.2 Å². The van der Waals surface area contributed by atoms with Crippen LogP contribution < -0.4 is 0 Å². The summed E-state index contributed by atoms with van der Waals surface area (Å²) >= 11 is 0. The summed E-state index contributed by atoms with van der Waals surface area (Å²) in [4.78, 5) is 7.94. The van der Waals surface area contributed by atoms with Crippen molar-refractivity contribution in [2.75, 3.05) is 6.61 Å². The molecule has 7 heteroatoms. The Kier molecular flexibility index (Phi) is 4.65. The lowest BCUT2D eigenvalue weighted by Crippen LogP contribution is -2.55. The van der Waals surface area contributed by atoms with E-state index in [-0.39, 0.29) is 0 Å². The predicted molar refractivity (Wildman–Crippen MR) is 80.2 cm³/mol. The zero-order valence-corrected chi connectivity index (χ0v) is 12.2. The SMILES string of the molecule is OC[C@H]1O[C@H](c2cccc(-c3cncnc3)c2)[C@@H](O)[C@@H](O)[C@@H]1O. The molecule has 0 amide bonds. The van der Waals surface area contributed by atoms with Crippen molar-refractivity contribution in [3.8, 4) is 11.1 Å². The summed E-state index contributed by atoms with van der Waals surface area (Å²) in [5, 5.41) is 39.2. The Morgan fingerprint density at radius 1 is 0.957 bits per heavy atom. The summed E-state index contributed by atoms with van der Waals surface area (Å²) in [6.45, 7) is -0.451. The van der Waals surface area contributed by atoms with Gasteiger partial charge < -0.3 is 25.2 Å². The third-order valence-corrected chi connectivity index (χ3v) is 4.00. The number of hydrogen-bond donors (Lipinski definition) is 4. The molecule has 1 aliphatic rings. The molecule has 0 spiro atoms. The lowest BCUT2D eigenvalue weighted by atomic mass is 9.90. The molecule has 23 heavy (non-hydrogen) atoms. The Hall–Kier alpha value is -1.90. The molecule has 7 nitrogen and oxygen atoms in total. The highest BCUT2D eigenvalue weighted by Gasteiger charge is 2.43. The largest absolute Gasteiger partial charge is 0.394 e. The van der Waals surface area contributed by atoms with E-state index in [1.807, 2.05) is 6.07 Å². The number of aromatic nitrogens is 2. The second-order valence-electron chi connectivity index (χ2n) is 5.50. The van der Waals surface area contributed by atoms with Crippen molar-refractivity contribution < 1.29 is 25.2 Å². The van der Waals surface area contributed by atoms with E-state index in [4.69, 9.17) is 4.74 Å². The van der Waals surface area contributed by atoms with Crippen LogP contribution in [0.5, 0.6) is 0 Å². The fourth-order valence-corrected chi connectivity index (χ4v) is 2.72. The quantitative estimate of drug-likeness (QED) is 0.612. The van der Waals surface area contributed by atoms with Crippen molar-refractivity contribution in [2.24, 2.45) is 0 Å². The summed E-state index contributed by atoms with van der Waals surface area (Å²) in [6.07, 6.45) is -1.07. The Morgan fingerprint density at radius 2 is 1.70 bits per heavy atom. The number of nitrogens with zero attached hydrogens (tertiary/aromatic N) is 2. The minimum Gasteiger partial charge on any atom is -0.394 e. The zero-order valence-electron chi connectivity index (χ0n) is 12.2. The van der Waals surface area contributed by atoms with Gasteiger partial charge in [0.15, 0.2) is 0 Å². The number of benzene rings is 1. The van der Waals surface area contributed by atoms with Gasteiger partial charge in [-0.3, -0.25) is 0 Å². The standard InChI is InChI=1S/C16H18N2O5/c19-7-12-13(20)14(21)15(22)16(23-12)10-3-1-2-9(4-10)11-5-17-8-18-6-11/h1-6,8,12-16,19-22H,7H2/t12-,13-,14+,15+,16-/m1/s1. The third kappa shape index (κ3) is 3.10. The molecule has 1 aliphatic heterocycles. The van der Waals surface area contributed by atoms with Crippen LogP contribution in [0.25, 0.3) is 11.1 Å². The summed E-state index contributed by atoms with van der Waals surface area (Å²) in [7, 11) is 0. The number of aliphatic hydroxyl groups excluding tert-OH is 4. The molecular formula is C16H18N2O5. The molecule has 0 aliphatic carbocycles. The van der Waals surface area contributed by atoms with Crippen LogP contribution in [-0.4, -0.2) is 61.4 Å². The van der Waals surface area contributed by atoms with Crippen molar-refractivity contribution >= 4 is 0 Å². The monoisotopic (exact) mass is 318 g/mol. The Labute approximate surface area is 132 Å². The van der Waals surface area contributed by atoms with Gasteiger partial charge in [0, 0.05) is 18.0 Å². The molecule has 1 aromatic carbocycles. The van der Waals surface area contributed by atoms with Gasteiger partial charge in [-0.2, -0.15) is 0 Å². The first kappa shape index (κ1) is 16.0. The number of ether oxygens (including phenoxy) is 1. The lowest BCUT2D eigenvalue weighted by Gasteiger charge is -2.40. The van der Waals surface area contributed by atoms with Crippen molar-refractivity contribution in [1.82, 2.24) is 9.97 Å². The summed E-state index contributed by atoms with van der Waals surface area (Å²) < 4.78 is 5.57. The fraction of sp³-hybridized carbons (Fsp3) is 0.375. The van der Waals surface area contributed by atoms with Crippen LogP contribution in [0.2, 0.25) is 0 Å². The third-order valence-electron chi connectivity index (χ3n) is 4.00. The highest BCUT2D eigenvalue weighted by atomic mass is 16.5. The molecule has 3 rings (SSSR count). The fourth-order valence-electron chi connectivity index (χ4n) is 2.72. The summed E-state index contributed by atoms with van der Waals surface area (Å²) in [6, 6.07) is 7.21. The van der Waals surface area contributed by atoms with E-state index in [0.29, 0.717) is 5.56 Å². The Bertz CT molecular complexity index is 652. The average Bonchev–Trinajstić information content (AvgIpc) is 2.61. The molecule has 2 aromatic rings. The molecule has 5 atom stereocenters. The maximum Gasteiger partial charge on any atom is 0.115 e. The van der Waals surface area contributed by atoms with E-state index < -0.39 is 37.1 Å². The minimum absolute atomic E-state index is 0.451. The lowest BCUT2D eigenvalue weighted by molar-refractivity contribution is -0.231. The second kappa shape index (κ2) is 6.69. The smallest absolute Gasteiger partial charge is 0.115 e. The normalized spacial score (nSPS) is 31.0. The molecule has 1 aromatic heterocycles. The van der Waals surface area contributed by atoms with Crippen LogP contribution in [0.3, 0.4) is 0 Å². The van der Waals surface area contributed by atoms with E-state index in [0.717, 1.165) is 11.1 Å². The van der Waals surface area contributed by atoms with Crippen LogP contribution in [-0.2, 0) is 4.74 Å². The number of hydrogen-bond acceptors (Lipinski definition) is 7. The zero-order chi connectivity index (χ0) is 16.4. The first-order chi connectivity index (χ1) is 11.1. The van der Waals surface area contributed by atoms with Gasteiger partial charge >= 0.3 is 0 Å². The van der Waals surface area contributed by atoms with E-state index >= 15 is 0 Å². The van der Waals surface area contributed by atoms with Crippen molar-refractivity contribution in [3.05, 3.63) is 48.5 Å². The van der Waals surface area contributed by atoms with Crippen molar-refractivity contribution in [2.45, 2.75) is 30.5 Å². The van der Waals surface area contributed by atoms with Gasteiger partial charge in [-0.25, -0.2) is 9.97 Å². The Balaban J connectivity index is 1.92. The predicted octanol–water partition coefficient (Wildman–Crippen LogP) is -0.341. The van der Waals surface area contributed by atoms with E-state index in [1.165, 1.54) is 6.33 Å². The molecule has 0 radical (unpaired) electrons.